The highest BCUT2D eigenvalue weighted by atomic mass is 19.1. The van der Waals surface area contributed by atoms with Crippen LogP contribution < -0.4 is 4.74 Å². The summed E-state index contributed by atoms with van der Waals surface area (Å²) in [4.78, 5) is 0. The van der Waals surface area contributed by atoms with E-state index in [9.17, 15) is 24.8 Å². The van der Waals surface area contributed by atoms with Gasteiger partial charge < -0.3 is 29.9 Å². The smallest absolute Gasteiger partial charge is 0.239 e. The van der Waals surface area contributed by atoms with Gasteiger partial charge in [-0.2, -0.15) is 0 Å². The first-order chi connectivity index (χ1) is 14.8. The summed E-state index contributed by atoms with van der Waals surface area (Å²) in [5.41, 5.74) is 2.60. The Labute approximate surface area is 179 Å². The van der Waals surface area contributed by atoms with Gasteiger partial charge in [0.1, 0.15) is 36.8 Å². The number of aromatic nitrogens is 2. The Balaban J connectivity index is 1.92. The van der Waals surface area contributed by atoms with Crippen molar-refractivity contribution in [3.8, 4) is 18.2 Å². The third-order valence-corrected chi connectivity index (χ3v) is 5.49. The van der Waals surface area contributed by atoms with Crippen LogP contribution >= 0.6 is 0 Å². The fourth-order valence-electron chi connectivity index (χ4n) is 3.56. The Morgan fingerprint density at radius 3 is 2.61 bits per heavy atom. The minimum absolute atomic E-state index is 0.0945. The van der Waals surface area contributed by atoms with Crippen LogP contribution in [-0.4, -0.2) is 67.5 Å². The molecule has 1 fully saturated rings. The summed E-state index contributed by atoms with van der Waals surface area (Å²) in [5.74, 6) is 2.29. The average molecular weight is 434 g/mol. The molecule has 0 unspecified atom stereocenters. The van der Waals surface area contributed by atoms with Crippen molar-refractivity contribution in [2.75, 3.05) is 6.61 Å². The van der Waals surface area contributed by atoms with Crippen molar-refractivity contribution in [2.24, 2.45) is 0 Å². The number of nitrogens with zero attached hydrogens (tertiary/aromatic N) is 2. The van der Waals surface area contributed by atoms with Crippen LogP contribution in [0.3, 0.4) is 0 Å². The molecule has 1 aliphatic rings. The summed E-state index contributed by atoms with van der Waals surface area (Å²) in [6, 6.07) is 5.00. The van der Waals surface area contributed by atoms with Crippen LogP contribution in [0, 0.1) is 25.1 Å². The highest BCUT2D eigenvalue weighted by molar-refractivity contribution is 5.38. The average Bonchev–Trinajstić information content (AvgIpc) is 3.03. The van der Waals surface area contributed by atoms with Crippen LogP contribution in [0.5, 0.6) is 5.88 Å². The van der Waals surface area contributed by atoms with Gasteiger partial charge in [0.15, 0.2) is 0 Å². The van der Waals surface area contributed by atoms with E-state index in [1.54, 1.807) is 13.0 Å². The standard InChI is InChI=1S/C22H27FN2O6/c1-4-8-25-12(3)15(9-13-6-7-14(5-2)16(23)10-13)21(24-25)31-22-20(29)19(28)18(27)17(11-26)30-22/h1,6-7,10,17-20,22,26-29H,5,8-9,11H2,2-3H3/t17-,18-,19+,20-,22+/m1/s1. The van der Waals surface area contributed by atoms with Crippen molar-refractivity contribution >= 4 is 0 Å². The third-order valence-electron chi connectivity index (χ3n) is 5.49. The van der Waals surface area contributed by atoms with E-state index in [0.29, 0.717) is 28.8 Å². The van der Waals surface area contributed by atoms with Gasteiger partial charge in [-0.1, -0.05) is 25.0 Å². The molecule has 9 heteroatoms. The van der Waals surface area contributed by atoms with Crippen molar-refractivity contribution in [3.05, 3.63) is 46.4 Å². The maximum absolute atomic E-state index is 14.3. The zero-order chi connectivity index (χ0) is 22.7. The molecule has 4 N–H and O–H groups in total. The van der Waals surface area contributed by atoms with Gasteiger partial charge in [0.05, 0.1) is 6.61 Å². The highest BCUT2D eigenvalue weighted by Gasteiger charge is 2.45. The Kier molecular flexibility index (Phi) is 7.30. The third kappa shape index (κ3) is 4.74. The topological polar surface area (TPSA) is 117 Å². The molecule has 0 bridgehead atoms. The van der Waals surface area contributed by atoms with E-state index in [4.69, 9.17) is 15.9 Å². The lowest BCUT2D eigenvalue weighted by Crippen LogP contribution is -2.60. The van der Waals surface area contributed by atoms with Crippen LogP contribution in [0.1, 0.15) is 29.3 Å². The SMILES string of the molecule is C#CCn1nc(O[C@@H]2O[C@H](CO)[C@@H](O)[C@H](O)[C@H]2O)c(Cc2ccc(CC)c(F)c2)c1C. The molecule has 3 rings (SSSR count). The molecule has 1 aromatic heterocycles. The number of aliphatic hydroxyl groups excluding tert-OH is 4. The molecule has 168 valence electrons. The summed E-state index contributed by atoms with van der Waals surface area (Å²) >= 11 is 0. The Morgan fingerprint density at radius 2 is 2.00 bits per heavy atom. The van der Waals surface area contributed by atoms with Gasteiger partial charge in [-0.25, -0.2) is 4.39 Å². The van der Waals surface area contributed by atoms with E-state index in [-0.39, 0.29) is 24.7 Å². The second-order valence-electron chi connectivity index (χ2n) is 7.50. The molecular formula is C22H27FN2O6. The number of ether oxygens (including phenoxy) is 2. The summed E-state index contributed by atoms with van der Waals surface area (Å²) < 4.78 is 27.0. The monoisotopic (exact) mass is 434 g/mol. The predicted octanol–water partition coefficient (Wildman–Crippen LogP) is 0.296. The molecule has 31 heavy (non-hydrogen) atoms. The van der Waals surface area contributed by atoms with Gasteiger partial charge >= 0.3 is 0 Å². The largest absolute Gasteiger partial charge is 0.443 e. The van der Waals surface area contributed by atoms with Gasteiger partial charge in [0, 0.05) is 17.7 Å². The van der Waals surface area contributed by atoms with E-state index in [2.05, 4.69) is 11.0 Å². The quantitative estimate of drug-likeness (QED) is 0.463. The molecule has 1 aliphatic heterocycles. The van der Waals surface area contributed by atoms with Gasteiger partial charge in [0.25, 0.3) is 0 Å². The number of terminal acetylenes is 1. The van der Waals surface area contributed by atoms with Gasteiger partial charge in [-0.05, 0) is 30.5 Å². The second-order valence-corrected chi connectivity index (χ2v) is 7.50. The first-order valence-corrected chi connectivity index (χ1v) is 10.0. The van der Waals surface area contributed by atoms with E-state index >= 15 is 0 Å². The van der Waals surface area contributed by atoms with Gasteiger partial charge in [-0.3, -0.25) is 4.68 Å². The lowest BCUT2D eigenvalue weighted by molar-refractivity contribution is -0.278. The van der Waals surface area contributed by atoms with E-state index < -0.39 is 37.3 Å². The maximum atomic E-state index is 14.3. The van der Waals surface area contributed by atoms with Crippen molar-refractivity contribution in [1.82, 2.24) is 9.78 Å². The molecule has 2 heterocycles. The molecule has 0 aliphatic carbocycles. The molecule has 8 nitrogen and oxygen atoms in total. The predicted molar refractivity (Wildman–Crippen MR) is 109 cm³/mol. The molecule has 1 aromatic carbocycles. The van der Waals surface area contributed by atoms with Crippen LogP contribution in [-0.2, 0) is 24.1 Å². The fraction of sp³-hybridized carbons (Fsp3) is 0.500. The first-order valence-electron chi connectivity index (χ1n) is 10.0. The number of aryl methyl sites for hydroxylation is 1. The fourth-order valence-corrected chi connectivity index (χ4v) is 3.56. The minimum atomic E-state index is -1.58. The normalized spacial score (nSPS) is 25.9. The zero-order valence-electron chi connectivity index (χ0n) is 17.4. The molecule has 2 aromatic rings. The van der Waals surface area contributed by atoms with Gasteiger partial charge in [0.2, 0.25) is 12.2 Å². The maximum Gasteiger partial charge on any atom is 0.239 e. The van der Waals surface area contributed by atoms with Crippen LogP contribution in [0.2, 0.25) is 0 Å². The molecule has 0 amide bonds. The van der Waals surface area contributed by atoms with E-state index in [1.165, 1.54) is 10.7 Å². The van der Waals surface area contributed by atoms with Crippen molar-refractivity contribution in [1.29, 1.82) is 0 Å². The number of aliphatic hydroxyl groups is 4. The van der Waals surface area contributed by atoms with E-state index in [0.717, 1.165) is 0 Å². The second kappa shape index (κ2) is 9.77. The Bertz CT molecular complexity index is 954. The van der Waals surface area contributed by atoms with Crippen LogP contribution in [0.15, 0.2) is 18.2 Å². The molecule has 0 radical (unpaired) electrons. The molecule has 0 spiro atoms. The zero-order valence-corrected chi connectivity index (χ0v) is 17.4. The number of benzene rings is 1. The summed E-state index contributed by atoms with van der Waals surface area (Å²) in [6.07, 6.45) is -0.883. The molecular weight excluding hydrogens is 407 g/mol. The molecule has 0 saturated carbocycles. The summed E-state index contributed by atoms with van der Waals surface area (Å²) in [5, 5.41) is 43.9. The lowest BCUT2D eigenvalue weighted by Gasteiger charge is -2.39. The molecule has 5 atom stereocenters. The number of hydrogen-bond donors (Lipinski definition) is 4. The van der Waals surface area contributed by atoms with E-state index in [1.807, 2.05) is 13.0 Å². The number of rotatable bonds is 7. The first kappa shape index (κ1) is 23.2. The lowest BCUT2D eigenvalue weighted by atomic mass is 9.99. The van der Waals surface area contributed by atoms with Crippen LogP contribution in [0.25, 0.3) is 0 Å². The van der Waals surface area contributed by atoms with Gasteiger partial charge in [-0.15, -0.1) is 11.5 Å². The number of halogens is 1. The van der Waals surface area contributed by atoms with Crippen molar-refractivity contribution < 1.29 is 34.3 Å². The minimum Gasteiger partial charge on any atom is -0.443 e. The summed E-state index contributed by atoms with van der Waals surface area (Å²) in [7, 11) is 0. The Morgan fingerprint density at radius 1 is 1.26 bits per heavy atom. The highest BCUT2D eigenvalue weighted by Crippen LogP contribution is 2.29. The summed E-state index contributed by atoms with van der Waals surface area (Å²) in [6.45, 7) is 3.25. The Hall–Kier alpha value is -2.48. The van der Waals surface area contributed by atoms with Crippen molar-refractivity contribution in [2.45, 2.75) is 63.9 Å². The van der Waals surface area contributed by atoms with Crippen molar-refractivity contribution in [3.63, 3.8) is 0 Å². The van der Waals surface area contributed by atoms with Crippen LogP contribution in [0.4, 0.5) is 4.39 Å². The number of hydrogen-bond acceptors (Lipinski definition) is 7. The molecule has 1 saturated heterocycles.